The number of rotatable bonds is 3. The van der Waals surface area contributed by atoms with E-state index in [1.807, 2.05) is 4.90 Å². The summed E-state index contributed by atoms with van der Waals surface area (Å²) in [6, 6.07) is 4.74. The van der Waals surface area contributed by atoms with E-state index in [2.05, 4.69) is 39.8 Å². The molecule has 21 heavy (non-hydrogen) atoms. The van der Waals surface area contributed by atoms with Crippen LogP contribution in [0.1, 0.15) is 20.3 Å². The van der Waals surface area contributed by atoms with Crippen LogP contribution < -0.4 is 15.0 Å². The lowest BCUT2D eigenvalue weighted by molar-refractivity contribution is -0.274. The first-order valence-corrected chi connectivity index (χ1v) is 7.57. The smallest absolute Gasteiger partial charge is 0.404 e. The summed E-state index contributed by atoms with van der Waals surface area (Å²) in [5, 5.41) is 3.41. The molecule has 1 aliphatic rings. The molecule has 1 atom stereocenters. The van der Waals surface area contributed by atoms with Gasteiger partial charge < -0.3 is 15.0 Å². The molecule has 0 spiro atoms. The van der Waals surface area contributed by atoms with E-state index in [1.165, 1.54) is 6.07 Å². The normalized spacial score (nSPS) is 23.2. The highest BCUT2D eigenvalue weighted by atomic mass is 79.9. The number of anilines is 1. The molecule has 1 saturated heterocycles. The molecule has 1 fully saturated rings. The summed E-state index contributed by atoms with van der Waals surface area (Å²) in [6.45, 7) is 6.14. The monoisotopic (exact) mass is 366 g/mol. The number of halogens is 4. The summed E-state index contributed by atoms with van der Waals surface area (Å²) >= 11 is 3.19. The molecule has 1 unspecified atom stereocenters. The van der Waals surface area contributed by atoms with Crippen LogP contribution in [0.15, 0.2) is 22.7 Å². The number of benzene rings is 1. The fourth-order valence-electron chi connectivity index (χ4n) is 2.45. The van der Waals surface area contributed by atoms with Crippen LogP contribution in [0.4, 0.5) is 18.9 Å². The van der Waals surface area contributed by atoms with Crippen molar-refractivity contribution in [3.8, 4) is 5.75 Å². The summed E-state index contributed by atoms with van der Waals surface area (Å²) in [4.78, 5) is 1.94. The summed E-state index contributed by atoms with van der Waals surface area (Å²) in [5.74, 6) is -0.169. The van der Waals surface area contributed by atoms with Gasteiger partial charge in [0.05, 0.1) is 5.69 Å². The number of nitrogens with zero attached hydrogens (tertiary/aromatic N) is 1. The van der Waals surface area contributed by atoms with Gasteiger partial charge in [-0.3, -0.25) is 0 Å². The predicted molar refractivity (Wildman–Crippen MR) is 79.7 cm³/mol. The predicted octanol–water partition coefficient (Wildman–Crippen LogP) is 3.93. The second-order valence-electron chi connectivity index (χ2n) is 5.42. The maximum absolute atomic E-state index is 12.6. The van der Waals surface area contributed by atoms with Crippen LogP contribution in [0.25, 0.3) is 0 Å². The molecule has 0 saturated carbocycles. The Bertz CT molecular complexity index is 509. The van der Waals surface area contributed by atoms with Gasteiger partial charge in [-0.2, -0.15) is 0 Å². The number of alkyl halides is 3. The third-order valence-electron chi connectivity index (χ3n) is 3.74. The first-order chi connectivity index (χ1) is 9.72. The molecule has 7 heteroatoms. The zero-order valence-corrected chi connectivity index (χ0v) is 13.5. The van der Waals surface area contributed by atoms with Crippen LogP contribution in [0, 0.1) is 0 Å². The molecule has 3 nitrogen and oxygen atoms in total. The Labute approximate surface area is 130 Å². The van der Waals surface area contributed by atoms with Crippen molar-refractivity contribution in [3.63, 3.8) is 0 Å². The second-order valence-corrected chi connectivity index (χ2v) is 6.34. The van der Waals surface area contributed by atoms with E-state index < -0.39 is 6.36 Å². The van der Waals surface area contributed by atoms with Crippen molar-refractivity contribution in [2.24, 2.45) is 0 Å². The van der Waals surface area contributed by atoms with Crippen LogP contribution in [0.5, 0.6) is 5.75 Å². The number of nitrogens with one attached hydrogen (secondary N) is 1. The van der Waals surface area contributed by atoms with Gasteiger partial charge in [-0.25, -0.2) is 0 Å². The molecule has 0 radical (unpaired) electrons. The van der Waals surface area contributed by atoms with E-state index in [4.69, 9.17) is 0 Å². The van der Waals surface area contributed by atoms with Crippen molar-refractivity contribution in [1.82, 2.24) is 5.32 Å². The van der Waals surface area contributed by atoms with Gasteiger partial charge >= 0.3 is 6.36 Å². The third-order valence-corrected chi connectivity index (χ3v) is 4.24. The largest absolute Gasteiger partial charge is 0.573 e. The van der Waals surface area contributed by atoms with Gasteiger partial charge in [-0.05, 0) is 31.5 Å². The van der Waals surface area contributed by atoms with E-state index in [0.29, 0.717) is 23.2 Å². The first-order valence-electron chi connectivity index (χ1n) is 6.78. The van der Waals surface area contributed by atoms with Gasteiger partial charge in [0.1, 0.15) is 0 Å². The topological polar surface area (TPSA) is 24.5 Å². The Balaban J connectivity index is 2.30. The summed E-state index contributed by atoms with van der Waals surface area (Å²) < 4.78 is 42.4. The Morgan fingerprint density at radius 1 is 1.43 bits per heavy atom. The van der Waals surface area contributed by atoms with Crippen LogP contribution in [-0.4, -0.2) is 31.5 Å². The molecule has 0 aromatic heterocycles. The standard InChI is InChI=1S/C14H18BrF3N2O/c1-3-13(2)9-20(7-6-19-13)11-5-4-10(15)8-12(11)21-14(16,17)18/h4-5,8,19H,3,6-7,9H2,1-2H3. The van der Waals surface area contributed by atoms with E-state index in [9.17, 15) is 13.2 Å². The van der Waals surface area contributed by atoms with Gasteiger partial charge in [0, 0.05) is 29.6 Å². The van der Waals surface area contributed by atoms with E-state index in [1.54, 1.807) is 12.1 Å². The Morgan fingerprint density at radius 2 is 2.14 bits per heavy atom. The second kappa shape index (κ2) is 6.04. The van der Waals surface area contributed by atoms with E-state index in [0.717, 1.165) is 13.0 Å². The molecule has 118 valence electrons. The van der Waals surface area contributed by atoms with Gasteiger partial charge in [0.25, 0.3) is 0 Å². The highest BCUT2D eigenvalue weighted by Gasteiger charge is 2.35. The van der Waals surface area contributed by atoms with Crippen molar-refractivity contribution < 1.29 is 17.9 Å². The van der Waals surface area contributed by atoms with Crippen LogP contribution in [0.2, 0.25) is 0 Å². The van der Waals surface area contributed by atoms with Crippen molar-refractivity contribution in [2.45, 2.75) is 32.2 Å². The fraction of sp³-hybridized carbons (Fsp3) is 0.571. The quantitative estimate of drug-likeness (QED) is 0.877. The van der Waals surface area contributed by atoms with Crippen molar-refractivity contribution >= 4 is 21.6 Å². The molecule has 2 rings (SSSR count). The number of piperazine rings is 1. The van der Waals surface area contributed by atoms with Gasteiger partial charge in [0.15, 0.2) is 5.75 Å². The van der Waals surface area contributed by atoms with Crippen molar-refractivity contribution in [1.29, 1.82) is 0 Å². The van der Waals surface area contributed by atoms with Crippen LogP contribution in [-0.2, 0) is 0 Å². The Kier molecular flexibility index (Phi) is 4.72. The summed E-state index contributed by atoms with van der Waals surface area (Å²) in [6.07, 6.45) is -3.80. The van der Waals surface area contributed by atoms with Crippen molar-refractivity contribution in [3.05, 3.63) is 22.7 Å². The molecule has 0 bridgehead atoms. The minimum Gasteiger partial charge on any atom is -0.404 e. The minimum absolute atomic E-state index is 0.110. The Hall–Kier alpha value is -0.950. The van der Waals surface area contributed by atoms with Crippen LogP contribution >= 0.6 is 15.9 Å². The third kappa shape index (κ3) is 4.26. The molecule has 1 aliphatic heterocycles. The summed E-state index contributed by atoms with van der Waals surface area (Å²) in [5.41, 5.74) is 0.359. The zero-order chi connectivity index (χ0) is 15.7. The first kappa shape index (κ1) is 16.4. The summed E-state index contributed by atoms with van der Waals surface area (Å²) in [7, 11) is 0. The number of ether oxygens (including phenoxy) is 1. The lowest BCUT2D eigenvalue weighted by Gasteiger charge is -2.42. The zero-order valence-electron chi connectivity index (χ0n) is 11.9. The molecule has 1 aromatic rings. The molecule has 1 N–H and O–H groups in total. The van der Waals surface area contributed by atoms with E-state index in [-0.39, 0.29) is 11.3 Å². The van der Waals surface area contributed by atoms with Gasteiger partial charge in [-0.1, -0.05) is 22.9 Å². The highest BCUT2D eigenvalue weighted by Crippen LogP contribution is 2.36. The Morgan fingerprint density at radius 3 is 2.76 bits per heavy atom. The lowest BCUT2D eigenvalue weighted by Crippen LogP contribution is -2.58. The molecular weight excluding hydrogens is 349 g/mol. The molecule has 0 aliphatic carbocycles. The van der Waals surface area contributed by atoms with Crippen molar-refractivity contribution in [2.75, 3.05) is 24.5 Å². The molecular formula is C14H18BrF3N2O. The molecule has 1 aromatic carbocycles. The molecule has 1 heterocycles. The maximum atomic E-state index is 12.6. The maximum Gasteiger partial charge on any atom is 0.573 e. The highest BCUT2D eigenvalue weighted by molar-refractivity contribution is 9.10. The number of hydrogen-bond acceptors (Lipinski definition) is 3. The fourth-order valence-corrected chi connectivity index (χ4v) is 2.79. The average Bonchev–Trinajstić information content (AvgIpc) is 2.37. The van der Waals surface area contributed by atoms with Gasteiger partial charge in [-0.15, -0.1) is 13.2 Å². The number of hydrogen-bond donors (Lipinski definition) is 1. The minimum atomic E-state index is -4.70. The average molecular weight is 367 g/mol. The van der Waals surface area contributed by atoms with Crippen LogP contribution in [0.3, 0.4) is 0 Å². The lowest BCUT2D eigenvalue weighted by atomic mass is 9.95. The van der Waals surface area contributed by atoms with Gasteiger partial charge in [0.2, 0.25) is 0 Å². The molecule has 0 amide bonds. The SMILES string of the molecule is CCC1(C)CN(c2ccc(Br)cc2OC(F)(F)F)CCN1. The van der Waals surface area contributed by atoms with E-state index >= 15 is 0 Å².